The number of benzene rings is 1. The number of carbonyl (C=O) groups is 1. The molecule has 0 aliphatic carbocycles. The molecule has 0 aromatic heterocycles. The fraction of sp³-hybridized carbons (Fsp3) is 0.462. The van der Waals surface area contributed by atoms with Gasteiger partial charge in [0.1, 0.15) is 5.75 Å². The Morgan fingerprint density at radius 2 is 2.39 bits per heavy atom. The van der Waals surface area contributed by atoms with Crippen molar-refractivity contribution in [2.45, 2.75) is 18.9 Å². The molecule has 1 N–H and O–H groups in total. The van der Waals surface area contributed by atoms with Crippen LogP contribution in [0.2, 0.25) is 0 Å². The molecule has 18 heavy (non-hydrogen) atoms. The highest BCUT2D eigenvalue weighted by Gasteiger charge is 2.22. The van der Waals surface area contributed by atoms with E-state index >= 15 is 0 Å². The Morgan fingerprint density at radius 1 is 1.61 bits per heavy atom. The minimum Gasteiger partial charge on any atom is -0.507 e. The predicted octanol–water partition coefficient (Wildman–Crippen LogP) is 2.41. The summed E-state index contributed by atoms with van der Waals surface area (Å²) in [7, 11) is 1.73. The lowest BCUT2D eigenvalue weighted by molar-refractivity contribution is 0.0585. The first-order chi connectivity index (χ1) is 8.58. The van der Waals surface area contributed by atoms with Gasteiger partial charge in [-0.1, -0.05) is 15.9 Å². The summed E-state index contributed by atoms with van der Waals surface area (Å²) in [5, 5.41) is 9.76. The first-order valence-corrected chi connectivity index (χ1v) is 6.73. The standard InChI is InChI=1S/C13H16BrNO3/c1-15(8-10-3-2-6-18-10)13(17)11-5-4-9(14)7-12(11)16/h4-5,7,10,16H,2-3,6,8H2,1H3. The highest BCUT2D eigenvalue weighted by Crippen LogP contribution is 2.24. The Balaban J connectivity index is 2.05. The fourth-order valence-corrected chi connectivity index (χ4v) is 2.42. The number of hydrogen-bond donors (Lipinski definition) is 1. The summed E-state index contributed by atoms with van der Waals surface area (Å²) in [6.07, 6.45) is 2.16. The monoisotopic (exact) mass is 313 g/mol. The number of rotatable bonds is 3. The zero-order valence-electron chi connectivity index (χ0n) is 10.2. The fourth-order valence-electron chi connectivity index (χ4n) is 2.07. The predicted molar refractivity (Wildman–Crippen MR) is 71.7 cm³/mol. The van der Waals surface area contributed by atoms with Crippen molar-refractivity contribution in [3.63, 3.8) is 0 Å². The molecule has 0 radical (unpaired) electrons. The Kier molecular flexibility index (Phi) is 4.24. The molecule has 1 aromatic carbocycles. The molecule has 4 nitrogen and oxygen atoms in total. The summed E-state index contributed by atoms with van der Waals surface area (Å²) in [5.74, 6) is -0.191. The molecule has 0 saturated carbocycles. The van der Waals surface area contributed by atoms with Gasteiger partial charge in [-0.25, -0.2) is 0 Å². The molecule has 1 saturated heterocycles. The maximum atomic E-state index is 12.2. The van der Waals surface area contributed by atoms with E-state index in [0.29, 0.717) is 12.1 Å². The molecule has 1 amide bonds. The molecule has 1 aromatic rings. The van der Waals surface area contributed by atoms with Crippen LogP contribution in [0.25, 0.3) is 0 Å². The van der Waals surface area contributed by atoms with Crippen molar-refractivity contribution in [3.05, 3.63) is 28.2 Å². The number of phenolic OH excluding ortho intramolecular Hbond substituents is 1. The van der Waals surface area contributed by atoms with Crippen molar-refractivity contribution in [1.82, 2.24) is 4.90 Å². The van der Waals surface area contributed by atoms with Gasteiger partial charge in [0, 0.05) is 24.7 Å². The van der Waals surface area contributed by atoms with Gasteiger partial charge in [-0.2, -0.15) is 0 Å². The topological polar surface area (TPSA) is 49.8 Å². The molecule has 1 heterocycles. The van der Waals surface area contributed by atoms with Gasteiger partial charge in [0.25, 0.3) is 5.91 Å². The van der Waals surface area contributed by atoms with E-state index in [0.717, 1.165) is 23.9 Å². The third-order valence-corrected chi connectivity index (χ3v) is 3.53. The van der Waals surface area contributed by atoms with Crippen molar-refractivity contribution in [2.75, 3.05) is 20.2 Å². The van der Waals surface area contributed by atoms with Crippen LogP contribution in [0.1, 0.15) is 23.2 Å². The van der Waals surface area contributed by atoms with E-state index in [1.54, 1.807) is 24.1 Å². The number of likely N-dealkylation sites (N-methyl/N-ethyl adjacent to an activating group) is 1. The Hall–Kier alpha value is -1.07. The maximum absolute atomic E-state index is 12.2. The van der Waals surface area contributed by atoms with E-state index in [4.69, 9.17) is 4.74 Å². The van der Waals surface area contributed by atoms with E-state index in [1.165, 1.54) is 6.07 Å². The van der Waals surface area contributed by atoms with Crippen molar-refractivity contribution >= 4 is 21.8 Å². The smallest absolute Gasteiger partial charge is 0.257 e. The van der Waals surface area contributed by atoms with E-state index in [-0.39, 0.29) is 17.8 Å². The van der Waals surface area contributed by atoms with Gasteiger partial charge in [0.15, 0.2) is 0 Å². The molecule has 1 aliphatic heterocycles. The van der Waals surface area contributed by atoms with Crippen molar-refractivity contribution in [1.29, 1.82) is 0 Å². The van der Waals surface area contributed by atoms with Gasteiger partial charge in [-0.15, -0.1) is 0 Å². The first-order valence-electron chi connectivity index (χ1n) is 5.93. The van der Waals surface area contributed by atoms with Crippen LogP contribution < -0.4 is 0 Å². The molecule has 2 rings (SSSR count). The summed E-state index contributed by atoms with van der Waals surface area (Å²) in [6.45, 7) is 1.34. The number of ether oxygens (including phenoxy) is 1. The number of nitrogens with zero attached hydrogens (tertiary/aromatic N) is 1. The van der Waals surface area contributed by atoms with Crippen LogP contribution in [0.5, 0.6) is 5.75 Å². The average Bonchev–Trinajstić information content (AvgIpc) is 2.81. The lowest BCUT2D eigenvalue weighted by atomic mass is 10.1. The average molecular weight is 314 g/mol. The number of carbonyl (C=O) groups excluding carboxylic acids is 1. The first kappa shape index (κ1) is 13.4. The van der Waals surface area contributed by atoms with E-state index in [1.807, 2.05) is 0 Å². The number of aromatic hydroxyl groups is 1. The number of phenols is 1. The van der Waals surface area contributed by atoms with Gasteiger partial charge in [0.2, 0.25) is 0 Å². The normalized spacial score (nSPS) is 18.9. The van der Waals surface area contributed by atoms with Crippen LogP contribution in [0.4, 0.5) is 0 Å². The van der Waals surface area contributed by atoms with Gasteiger partial charge in [0.05, 0.1) is 11.7 Å². The van der Waals surface area contributed by atoms with Crippen molar-refractivity contribution in [2.24, 2.45) is 0 Å². The zero-order valence-corrected chi connectivity index (χ0v) is 11.8. The SMILES string of the molecule is CN(CC1CCCO1)C(=O)c1ccc(Br)cc1O. The molecule has 0 spiro atoms. The largest absolute Gasteiger partial charge is 0.507 e. The summed E-state index contributed by atoms with van der Waals surface area (Å²) in [5.41, 5.74) is 0.318. The number of hydrogen-bond acceptors (Lipinski definition) is 3. The molecule has 5 heteroatoms. The van der Waals surface area contributed by atoms with Crippen LogP contribution in [-0.4, -0.2) is 42.2 Å². The lowest BCUT2D eigenvalue weighted by Gasteiger charge is -2.21. The van der Waals surface area contributed by atoms with Gasteiger partial charge < -0.3 is 14.7 Å². The Labute approximate surface area is 115 Å². The third kappa shape index (κ3) is 3.03. The highest BCUT2D eigenvalue weighted by atomic mass is 79.9. The Morgan fingerprint density at radius 3 is 3.00 bits per heavy atom. The van der Waals surface area contributed by atoms with Gasteiger partial charge in [-0.05, 0) is 31.0 Å². The summed E-state index contributed by atoms with van der Waals surface area (Å²) in [6, 6.07) is 4.88. The van der Waals surface area contributed by atoms with Crippen LogP contribution in [0, 0.1) is 0 Å². The third-order valence-electron chi connectivity index (χ3n) is 3.04. The van der Waals surface area contributed by atoms with E-state index < -0.39 is 0 Å². The molecule has 1 unspecified atom stereocenters. The van der Waals surface area contributed by atoms with Crippen LogP contribution >= 0.6 is 15.9 Å². The quantitative estimate of drug-likeness (QED) is 0.932. The molecule has 0 bridgehead atoms. The molecule has 98 valence electrons. The lowest BCUT2D eigenvalue weighted by Crippen LogP contribution is -2.34. The second-order valence-electron chi connectivity index (χ2n) is 4.48. The molecule has 1 atom stereocenters. The summed E-state index contributed by atoms with van der Waals surface area (Å²) in [4.78, 5) is 13.8. The zero-order chi connectivity index (χ0) is 13.1. The van der Waals surface area contributed by atoms with Crippen LogP contribution in [0.15, 0.2) is 22.7 Å². The maximum Gasteiger partial charge on any atom is 0.257 e. The number of halogens is 1. The van der Waals surface area contributed by atoms with Gasteiger partial charge in [-0.3, -0.25) is 4.79 Å². The Bertz CT molecular complexity index is 444. The molecular weight excluding hydrogens is 298 g/mol. The summed E-state index contributed by atoms with van der Waals surface area (Å²) >= 11 is 3.25. The minimum atomic E-state index is -0.185. The summed E-state index contributed by atoms with van der Waals surface area (Å²) < 4.78 is 6.24. The second kappa shape index (κ2) is 5.71. The van der Waals surface area contributed by atoms with Gasteiger partial charge >= 0.3 is 0 Å². The van der Waals surface area contributed by atoms with E-state index in [2.05, 4.69) is 15.9 Å². The molecule has 1 fully saturated rings. The van der Waals surface area contributed by atoms with Crippen LogP contribution in [-0.2, 0) is 4.74 Å². The van der Waals surface area contributed by atoms with E-state index in [9.17, 15) is 9.90 Å². The second-order valence-corrected chi connectivity index (χ2v) is 5.40. The minimum absolute atomic E-state index is 0.00596. The molecule has 1 aliphatic rings. The van der Waals surface area contributed by atoms with Crippen molar-refractivity contribution < 1.29 is 14.6 Å². The number of amides is 1. The van der Waals surface area contributed by atoms with Crippen molar-refractivity contribution in [3.8, 4) is 5.75 Å². The molecular formula is C13H16BrNO3. The van der Waals surface area contributed by atoms with Crippen LogP contribution in [0.3, 0.4) is 0 Å². The highest BCUT2D eigenvalue weighted by molar-refractivity contribution is 9.10.